The van der Waals surface area contributed by atoms with Crippen molar-refractivity contribution >= 4 is 24.4 Å². The van der Waals surface area contributed by atoms with Crippen molar-refractivity contribution in [1.82, 2.24) is 4.90 Å². The zero-order valence-corrected chi connectivity index (χ0v) is 11.8. The maximum absolute atomic E-state index is 4.46. The fourth-order valence-corrected chi connectivity index (χ4v) is 2.53. The standard InChI is InChI=1S/C13H21NS2/c1-14(8-9-16-2)10-13(11-15)12-6-4-3-5-7-12/h3-7,13,15H,8-11H2,1-2H3. The predicted octanol–water partition coefficient (Wildman–Crippen LogP) is 2.99. The van der Waals surface area contributed by atoms with Gasteiger partial charge in [-0.25, -0.2) is 0 Å². The van der Waals surface area contributed by atoms with Crippen LogP contribution >= 0.6 is 24.4 Å². The van der Waals surface area contributed by atoms with Gasteiger partial charge in [0, 0.05) is 24.8 Å². The van der Waals surface area contributed by atoms with Crippen molar-refractivity contribution in [3.05, 3.63) is 35.9 Å². The molecule has 1 nitrogen and oxygen atoms in total. The van der Waals surface area contributed by atoms with E-state index in [1.54, 1.807) is 0 Å². The Hall–Kier alpha value is -0.120. The van der Waals surface area contributed by atoms with Gasteiger partial charge in [-0.05, 0) is 24.6 Å². The van der Waals surface area contributed by atoms with Gasteiger partial charge >= 0.3 is 0 Å². The van der Waals surface area contributed by atoms with Crippen LogP contribution in [0.15, 0.2) is 30.3 Å². The molecule has 3 heteroatoms. The van der Waals surface area contributed by atoms with Crippen molar-refractivity contribution < 1.29 is 0 Å². The van der Waals surface area contributed by atoms with Crippen LogP contribution in [0.4, 0.5) is 0 Å². The number of benzene rings is 1. The normalized spacial score (nSPS) is 13.0. The molecule has 90 valence electrons. The maximum atomic E-state index is 4.46. The summed E-state index contributed by atoms with van der Waals surface area (Å²) in [6.45, 7) is 2.24. The summed E-state index contributed by atoms with van der Waals surface area (Å²) >= 11 is 6.36. The molecule has 0 amide bonds. The van der Waals surface area contributed by atoms with Crippen LogP contribution in [0, 0.1) is 0 Å². The van der Waals surface area contributed by atoms with Gasteiger partial charge in [0.05, 0.1) is 0 Å². The van der Waals surface area contributed by atoms with Crippen LogP contribution in [0.3, 0.4) is 0 Å². The van der Waals surface area contributed by atoms with Gasteiger partial charge in [-0.2, -0.15) is 24.4 Å². The zero-order valence-electron chi connectivity index (χ0n) is 10.1. The molecule has 0 aromatic heterocycles. The van der Waals surface area contributed by atoms with E-state index < -0.39 is 0 Å². The minimum Gasteiger partial charge on any atom is -0.305 e. The van der Waals surface area contributed by atoms with E-state index in [-0.39, 0.29) is 0 Å². The molecular weight excluding hydrogens is 234 g/mol. The van der Waals surface area contributed by atoms with E-state index >= 15 is 0 Å². The predicted molar refractivity (Wildman–Crippen MR) is 78.9 cm³/mol. The van der Waals surface area contributed by atoms with E-state index in [9.17, 15) is 0 Å². The molecule has 0 saturated heterocycles. The Morgan fingerprint density at radius 3 is 2.56 bits per heavy atom. The molecule has 1 rings (SSSR count). The Labute approximate surface area is 109 Å². The molecule has 0 heterocycles. The number of likely N-dealkylation sites (N-methyl/N-ethyl adjacent to an activating group) is 1. The van der Waals surface area contributed by atoms with E-state index in [0.29, 0.717) is 5.92 Å². The largest absolute Gasteiger partial charge is 0.305 e. The zero-order chi connectivity index (χ0) is 11.8. The van der Waals surface area contributed by atoms with Crippen molar-refractivity contribution in [1.29, 1.82) is 0 Å². The van der Waals surface area contributed by atoms with Gasteiger partial charge in [0.25, 0.3) is 0 Å². The summed E-state index contributed by atoms with van der Waals surface area (Å²) < 4.78 is 0. The van der Waals surface area contributed by atoms with Gasteiger partial charge in [0.15, 0.2) is 0 Å². The summed E-state index contributed by atoms with van der Waals surface area (Å²) in [7, 11) is 2.19. The van der Waals surface area contributed by atoms with Crippen LogP contribution in [-0.4, -0.2) is 42.8 Å². The first-order valence-corrected chi connectivity index (χ1v) is 7.63. The van der Waals surface area contributed by atoms with Crippen LogP contribution in [0.2, 0.25) is 0 Å². The summed E-state index contributed by atoms with van der Waals surface area (Å²) in [5.74, 6) is 2.65. The third-order valence-corrected chi connectivity index (χ3v) is 3.73. The number of rotatable bonds is 7. The quantitative estimate of drug-likeness (QED) is 0.746. The molecule has 0 fully saturated rings. The van der Waals surface area contributed by atoms with Crippen LogP contribution < -0.4 is 0 Å². The lowest BCUT2D eigenvalue weighted by Crippen LogP contribution is -2.27. The Kier molecular flexibility index (Phi) is 7.01. The van der Waals surface area contributed by atoms with Crippen LogP contribution in [0.5, 0.6) is 0 Å². The molecule has 0 radical (unpaired) electrons. The topological polar surface area (TPSA) is 3.24 Å². The molecule has 1 atom stereocenters. The van der Waals surface area contributed by atoms with E-state index in [4.69, 9.17) is 0 Å². The Morgan fingerprint density at radius 2 is 2.00 bits per heavy atom. The first-order chi connectivity index (χ1) is 7.77. The second kappa shape index (κ2) is 8.04. The summed E-state index contributed by atoms with van der Waals surface area (Å²) in [6.07, 6.45) is 2.15. The van der Waals surface area contributed by atoms with Gasteiger partial charge in [-0.15, -0.1) is 0 Å². The van der Waals surface area contributed by atoms with E-state index in [1.165, 1.54) is 11.3 Å². The number of hydrogen-bond donors (Lipinski definition) is 1. The van der Waals surface area contributed by atoms with Gasteiger partial charge in [0.1, 0.15) is 0 Å². The van der Waals surface area contributed by atoms with E-state index in [1.807, 2.05) is 11.8 Å². The maximum Gasteiger partial charge on any atom is 0.00694 e. The van der Waals surface area contributed by atoms with Crippen LogP contribution in [-0.2, 0) is 0 Å². The molecule has 1 aromatic carbocycles. The molecule has 1 aromatic rings. The van der Waals surface area contributed by atoms with Crippen LogP contribution in [0.1, 0.15) is 11.5 Å². The lowest BCUT2D eigenvalue weighted by atomic mass is 10.0. The van der Waals surface area contributed by atoms with Gasteiger partial charge in [-0.1, -0.05) is 30.3 Å². The fourth-order valence-electron chi connectivity index (χ4n) is 1.71. The second-order valence-corrected chi connectivity index (χ2v) is 5.40. The summed E-state index contributed by atoms with van der Waals surface area (Å²) in [5, 5.41) is 0. The minimum absolute atomic E-state index is 0.538. The van der Waals surface area contributed by atoms with Gasteiger partial charge in [-0.3, -0.25) is 0 Å². The molecule has 0 N–H and O–H groups in total. The summed E-state index contributed by atoms with van der Waals surface area (Å²) in [4.78, 5) is 2.39. The van der Waals surface area contributed by atoms with Crippen molar-refractivity contribution in [2.75, 3.05) is 37.9 Å². The molecule has 1 unspecified atom stereocenters. The lowest BCUT2D eigenvalue weighted by molar-refractivity contribution is 0.338. The highest BCUT2D eigenvalue weighted by molar-refractivity contribution is 7.98. The molecule has 0 bridgehead atoms. The Balaban J connectivity index is 2.49. The number of nitrogens with zero attached hydrogens (tertiary/aromatic N) is 1. The van der Waals surface area contributed by atoms with E-state index in [2.05, 4.69) is 61.2 Å². The van der Waals surface area contributed by atoms with Crippen molar-refractivity contribution in [2.24, 2.45) is 0 Å². The highest BCUT2D eigenvalue weighted by atomic mass is 32.2. The monoisotopic (exact) mass is 255 g/mol. The molecular formula is C13H21NS2. The highest BCUT2D eigenvalue weighted by Crippen LogP contribution is 2.17. The number of thioether (sulfide) groups is 1. The average Bonchev–Trinajstić information content (AvgIpc) is 2.34. The van der Waals surface area contributed by atoms with E-state index in [0.717, 1.165) is 18.8 Å². The number of thiol groups is 1. The highest BCUT2D eigenvalue weighted by Gasteiger charge is 2.11. The Morgan fingerprint density at radius 1 is 1.31 bits per heavy atom. The van der Waals surface area contributed by atoms with Gasteiger partial charge < -0.3 is 4.90 Å². The molecule has 0 aliphatic carbocycles. The molecule has 0 spiro atoms. The lowest BCUT2D eigenvalue weighted by Gasteiger charge is -2.22. The third kappa shape index (κ3) is 4.81. The molecule has 0 aliphatic rings. The fraction of sp³-hybridized carbons (Fsp3) is 0.538. The second-order valence-electron chi connectivity index (χ2n) is 4.05. The first-order valence-electron chi connectivity index (χ1n) is 5.61. The first kappa shape index (κ1) is 13.9. The Bertz CT molecular complexity index is 277. The summed E-state index contributed by atoms with van der Waals surface area (Å²) in [5.41, 5.74) is 1.40. The average molecular weight is 255 g/mol. The SMILES string of the molecule is CSCCN(C)CC(CS)c1ccccc1. The third-order valence-electron chi connectivity index (χ3n) is 2.70. The van der Waals surface area contributed by atoms with Crippen molar-refractivity contribution in [3.63, 3.8) is 0 Å². The molecule has 0 aliphatic heterocycles. The number of hydrogen-bond acceptors (Lipinski definition) is 3. The van der Waals surface area contributed by atoms with Crippen molar-refractivity contribution in [3.8, 4) is 0 Å². The minimum atomic E-state index is 0.538. The smallest absolute Gasteiger partial charge is 0.00694 e. The van der Waals surface area contributed by atoms with Crippen molar-refractivity contribution in [2.45, 2.75) is 5.92 Å². The molecule has 0 saturated carbocycles. The molecule has 16 heavy (non-hydrogen) atoms. The summed E-state index contributed by atoms with van der Waals surface area (Å²) in [6, 6.07) is 10.7. The van der Waals surface area contributed by atoms with Gasteiger partial charge in [0.2, 0.25) is 0 Å². The van der Waals surface area contributed by atoms with Crippen LogP contribution in [0.25, 0.3) is 0 Å².